The number of hydrogen-bond donors (Lipinski definition) is 0. The van der Waals surface area contributed by atoms with E-state index >= 15 is 0 Å². The van der Waals surface area contributed by atoms with Gasteiger partial charge in [-0.05, 0) is 12.5 Å². The number of carbonyl (C=O) groups is 2. The van der Waals surface area contributed by atoms with Crippen molar-refractivity contribution in [3.63, 3.8) is 0 Å². The van der Waals surface area contributed by atoms with Crippen LogP contribution in [0, 0.1) is 18.8 Å². The van der Waals surface area contributed by atoms with Crippen molar-refractivity contribution >= 4 is 11.9 Å². The van der Waals surface area contributed by atoms with Crippen molar-refractivity contribution in [3.8, 4) is 0 Å². The van der Waals surface area contributed by atoms with Crippen LogP contribution < -0.4 is 0 Å². The summed E-state index contributed by atoms with van der Waals surface area (Å²) >= 11 is 0. The van der Waals surface area contributed by atoms with Gasteiger partial charge < -0.3 is 14.4 Å². The van der Waals surface area contributed by atoms with Gasteiger partial charge in [0.2, 0.25) is 5.91 Å². The average Bonchev–Trinajstić information content (AvgIpc) is 3.18. The first-order valence-electron chi connectivity index (χ1n) is 7.83. The van der Waals surface area contributed by atoms with E-state index in [4.69, 9.17) is 9.47 Å². The molecule has 1 aromatic rings. The number of hydrogen-bond acceptors (Lipinski definition) is 4. The number of methoxy groups -OCH3 is 1. The first-order valence-corrected chi connectivity index (χ1v) is 7.83. The molecule has 3 heterocycles. The molecule has 3 aliphatic heterocycles. The minimum absolute atomic E-state index is 0.0205. The van der Waals surface area contributed by atoms with Crippen molar-refractivity contribution in [1.82, 2.24) is 4.90 Å². The molecule has 4 atom stereocenters. The van der Waals surface area contributed by atoms with Crippen LogP contribution in [0.5, 0.6) is 0 Å². The molecule has 23 heavy (non-hydrogen) atoms. The number of fused-ring (bicyclic) bond motifs is 1. The van der Waals surface area contributed by atoms with Gasteiger partial charge in [-0.3, -0.25) is 9.59 Å². The van der Waals surface area contributed by atoms with Crippen molar-refractivity contribution < 1.29 is 19.1 Å². The molecule has 1 unspecified atom stereocenters. The number of nitrogens with zero attached hydrogens (tertiary/aromatic N) is 1. The highest BCUT2D eigenvalue weighted by molar-refractivity contribution is 5.91. The zero-order valence-electron chi connectivity index (χ0n) is 13.2. The molecule has 0 saturated carbocycles. The molecule has 2 fully saturated rings. The van der Waals surface area contributed by atoms with Gasteiger partial charge in [0.15, 0.2) is 0 Å². The Hall–Kier alpha value is -2.14. The van der Waals surface area contributed by atoms with Crippen molar-refractivity contribution in [2.24, 2.45) is 11.8 Å². The normalized spacial score (nSPS) is 34.1. The van der Waals surface area contributed by atoms with Crippen LogP contribution in [0.2, 0.25) is 0 Å². The van der Waals surface area contributed by atoms with Crippen LogP contribution in [0.1, 0.15) is 11.1 Å². The molecule has 2 saturated heterocycles. The van der Waals surface area contributed by atoms with Crippen LogP contribution >= 0.6 is 0 Å². The zero-order chi connectivity index (χ0) is 16.2. The monoisotopic (exact) mass is 313 g/mol. The smallest absolute Gasteiger partial charge is 0.312 e. The maximum atomic E-state index is 12.9. The van der Waals surface area contributed by atoms with Crippen LogP contribution in [0.3, 0.4) is 0 Å². The van der Waals surface area contributed by atoms with Gasteiger partial charge in [-0.15, -0.1) is 0 Å². The molecule has 0 radical (unpaired) electrons. The van der Waals surface area contributed by atoms with Gasteiger partial charge in [-0.2, -0.15) is 0 Å². The molecule has 1 amide bonds. The Morgan fingerprint density at radius 2 is 2.13 bits per heavy atom. The van der Waals surface area contributed by atoms with E-state index in [0.29, 0.717) is 13.1 Å². The zero-order valence-corrected chi connectivity index (χ0v) is 13.2. The van der Waals surface area contributed by atoms with E-state index in [1.807, 2.05) is 43.3 Å². The average molecular weight is 313 g/mol. The first kappa shape index (κ1) is 14.5. The SMILES string of the molecule is COC(=O)[C@H]1[C@H]2C=CC3(CN(Cc4ccc(C)cc4)C(=O)[C@@H]13)O2. The summed E-state index contributed by atoms with van der Waals surface area (Å²) in [6, 6.07) is 8.13. The molecular formula is C18H19NO4. The number of benzene rings is 1. The molecule has 3 aliphatic rings. The molecule has 0 aliphatic carbocycles. The lowest BCUT2D eigenvalue weighted by Gasteiger charge is -2.22. The van der Waals surface area contributed by atoms with Crippen LogP contribution in [0.15, 0.2) is 36.4 Å². The number of amides is 1. The minimum atomic E-state index is -0.661. The summed E-state index contributed by atoms with van der Waals surface area (Å²) in [5.41, 5.74) is 1.60. The number of carbonyl (C=O) groups excluding carboxylic acids is 2. The third-order valence-corrected chi connectivity index (χ3v) is 5.15. The van der Waals surface area contributed by atoms with E-state index in [1.54, 1.807) is 4.90 Å². The van der Waals surface area contributed by atoms with E-state index < -0.39 is 17.4 Å². The summed E-state index contributed by atoms with van der Waals surface area (Å²) < 4.78 is 10.9. The predicted octanol–water partition coefficient (Wildman–Crippen LogP) is 1.45. The van der Waals surface area contributed by atoms with Crippen molar-refractivity contribution in [1.29, 1.82) is 0 Å². The van der Waals surface area contributed by atoms with Crippen LogP contribution in [-0.2, 0) is 25.6 Å². The lowest BCUT2D eigenvalue weighted by atomic mass is 9.77. The molecule has 1 aromatic carbocycles. The van der Waals surface area contributed by atoms with Crippen LogP contribution in [0.25, 0.3) is 0 Å². The number of ether oxygens (including phenoxy) is 2. The number of rotatable bonds is 3. The van der Waals surface area contributed by atoms with Gasteiger partial charge >= 0.3 is 5.97 Å². The summed E-state index contributed by atoms with van der Waals surface area (Å²) in [7, 11) is 1.36. The predicted molar refractivity (Wildman–Crippen MR) is 82.3 cm³/mol. The number of esters is 1. The summed E-state index contributed by atoms with van der Waals surface area (Å²) in [5, 5.41) is 0. The fourth-order valence-electron chi connectivity index (χ4n) is 4.03. The van der Waals surface area contributed by atoms with Gasteiger partial charge in [-0.25, -0.2) is 0 Å². The van der Waals surface area contributed by atoms with Crippen molar-refractivity contribution in [2.45, 2.75) is 25.2 Å². The van der Waals surface area contributed by atoms with Crippen molar-refractivity contribution in [2.75, 3.05) is 13.7 Å². The summed E-state index contributed by atoms with van der Waals surface area (Å²) in [6.45, 7) is 3.06. The van der Waals surface area contributed by atoms with Crippen LogP contribution in [0.4, 0.5) is 0 Å². The van der Waals surface area contributed by atoms with Gasteiger partial charge in [-0.1, -0.05) is 42.0 Å². The van der Waals surface area contributed by atoms with Gasteiger partial charge in [0, 0.05) is 6.54 Å². The molecule has 120 valence electrons. The standard InChI is InChI=1S/C18H19NO4/c1-11-3-5-12(6-4-11)9-19-10-18-8-7-13(23-18)14(17(21)22-2)15(18)16(19)20/h3-8,13-15H,9-10H2,1-2H3/t13-,14+,15-,18?/m1/s1. The maximum Gasteiger partial charge on any atom is 0.312 e. The van der Waals surface area contributed by atoms with Gasteiger partial charge in [0.25, 0.3) is 0 Å². The van der Waals surface area contributed by atoms with E-state index in [1.165, 1.54) is 12.7 Å². The Morgan fingerprint density at radius 3 is 2.83 bits per heavy atom. The lowest BCUT2D eigenvalue weighted by Crippen LogP contribution is -2.39. The third kappa shape index (κ3) is 2.03. The summed E-state index contributed by atoms with van der Waals surface area (Å²) in [5.74, 6) is -1.37. The highest BCUT2D eigenvalue weighted by atomic mass is 16.5. The Kier molecular flexibility index (Phi) is 3.10. The van der Waals surface area contributed by atoms with E-state index in [0.717, 1.165) is 5.56 Å². The largest absolute Gasteiger partial charge is 0.469 e. The lowest BCUT2D eigenvalue weighted by molar-refractivity contribution is -0.151. The van der Waals surface area contributed by atoms with Gasteiger partial charge in [0.05, 0.1) is 25.7 Å². The molecule has 5 nitrogen and oxygen atoms in total. The molecule has 5 heteroatoms. The number of aryl methyl sites for hydroxylation is 1. The molecule has 2 bridgehead atoms. The minimum Gasteiger partial charge on any atom is -0.469 e. The highest BCUT2D eigenvalue weighted by Gasteiger charge is 2.67. The van der Waals surface area contributed by atoms with E-state index in [2.05, 4.69) is 0 Å². The first-order chi connectivity index (χ1) is 11.0. The van der Waals surface area contributed by atoms with E-state index in [-0.39, 0.29) is 18.0 Å². The molecule has 0 N–H and O–H groups in total. The van der Waals surface area contributed by atoms with Crippen LogP contribution in [-0.4, -0.2) is 42.1 Å². The fourth-order valence-corrected chi connectivity index (χ4v) is 4.03. The molecule has 0 aromatic heterocycles. The van der Waals surface area contributed by atoms with Gasteiger partial charge in [0.1, 0.15) is 11.5 Å². The fraction of sp³-hybridized carbons (Fsp3) is 0.444. The molecule has 1 spiro atoms. The molecule has 4 rings (SSSR count). The quantitative estimate of drug-likeness (QED) is 0.626. The Labute approximate surface area is 134 Å². The summed E-state index contributed by atoms with van der Waals surface area (Å²) in [6.07, 6.45) is 3.51. The van der Waals surface area contributed by atoms with Crippen molar-refractivity contribution in [3.05, 3.63) is 47.5 Å². The second kappa shape index (κ2) is 4.93. The topological polar surface area (TPSA) is 55.8 Å². The summed E-state index contributed by atoms with van der Waals surface area (Å²) in [4.78, 5) is 26.8. The number of likely N-dealkylation sites (tertiary alicyclic amines) is 1. The second-order valence-corrected chi connectivity index (χ2v) is 6.60. The highest BCUT2D eigenvalue weighted by Crippen LogP contribution is 2.52. The second-order valence-electron chi connectivity index (χ2n) is 6.60. The maximum absolute atomic E-state index is 12.9. The Morgan fingerprint density at radius 1 is 1.39 bits per heavy atom. The third-order valence-electron chi connectivity index (χ3n) is 5.15. The Bertz CT molecular complexity index is 695. The van der Waals surface area contributed by atoms with E-state index in [9.17, 15) is 9.59 Å². The molecular weight excluding hydrogens is 294 g/mol. The Balaban J connectivity index is 1.60.